The molecule has 130 valence electrons. The van der Waals surface area contributed by atoms with Crippen molar-refractivity contribution in [1.82, 2.24) is 14.6 Å². The van der Waals surface area contributed by atoms with Crippen LogP contribution in [0.15, 0.2) is 30.5 Å². The minimum absolute atomic E-state index is 0.347. The van der Waals surface area contributed by atoms with E-state index >= 15 is 0 Å². The largest absolute Gasteiger partial charge is 0.299 e. The van der Waals surface area contributed by atoms with Gasteiger partial charge in [-0.25, -0.2) is 13.1 Å². The van der Waals surface area contributed by atoms with Gasteiger partial charge in [-0.3, -0.25) is 9.88 Å². The van der Waals surface area contributed by atoms with E-state index in [1.54, 1.807) is 6.20 Å². The van der Waals surface area contributed by atoms with Crippen molar-refractivity contribution in [3.05, 3.63) is 41.0 Å². The van der Waals surface area contributed by atoms with Crippen LogP contribution in [0.4, 0.5) is 0 Å². The van der Waals surface area contributed by atoms with Gasteiger partial charge in [0, 0.05) is 36.2 Å². The van der Waals surface area contributed by atoms with Crippen LogP contribution >= 0.6 is 11.6 Å². The molecule has 1 aliphatic heterocycles. The van der Waals surface area contributed by atoms with Crippen molar-refractivity contribution in [2.45, 2.75) is 19.4 Å². The number of hydrogen-bond acceptors (Lipinski definition) is 4. The molecule has 24 heavy (non-hydrogen) atoms. The van der Waals surface area contributed by atoms with Crippen molar-refractivity contribution >= 4 is 32.5 Å². The van der Waals surface area contributed by atoms with Gasteiger partial charge >= 0.3 is 0 Å². The van der Waals surface area contributed by atoms with Crippen LogP contribution in [0.25, 0.3) is 10.9 Å². The zero-order valence-electron chi connectivity index (χ0n) is 13.7. The lowest BCUT2D eigenvalue weighted by Crippen LogP contribution is -2.40. The second-order valence-electron chi connectivity index (χ2n) is 6.47. The molecule has 1 aromatic carbocycles. The standard InChI is InChI=1S/C17H22ClN3O2S/c1-24(22,23)20-10-13-4-3-9-21(11-13)12-14-6-7-16(18)15-5-2-8-19-17(14)15/h2,5-8,13,20H,3-4,9-12H2,1H3/t13-/m1/s1. The van der Waals surface area contributed by atoms with Gasteiger partial charge in [0.2, 0.25) is 10.0 Å². The molecular weight excluding hydrogens is 346 g/mol. The third kappa shape index (κ3) is 4.45. The predicted octanol–water partition coefficient (Wildman–Crippen LogP) is 2.65. The molecule has 1 saturated heterocycles. The van der Waals surface area contributed by atoms with Crippen molar-refractivity contribution in [3.63, 3.8) is 0 Å². The number of nitrogens with one attached hydrogen (secondary N) is 1. The number of nitrogens with zero attached hydrogens (tertiary/aromatic N) is 2. The highest BCUT2D eigenvalue weighted by atomic mass is 35.5. The molecule has 0 bridgehead atoms. The van der Waals surface area contributed by atoms with Crippen LogP contribution in [0.3, 0.4) is 0 Å². The summed E-state index contributed by atoms with van der Waals surface area (Å²) in [4.78, 5) is 6.86. The number of piperidine rings is 1. The molecule has 0 radical (unpaired) electrons. The van der Waals surface area contributed by atoms with Crippen molar-refractivity contribution in [2.75, 3.05) is 25.9 Å². The molecule has 0 aliphatic carbocycles. The summed E-state index contributed by atoms with van der Waals surface area (Å²) in [6, 6.07) is 7.85. The topological polar surface area (TPSA) is 62.3 Å². The van der Waals surface area contributed by atoms with E-state index in [9.17, 15) is 8.42 Å². The molecule has 1 fully saturated rings. The number of fused-ring (bicyclic) bond motifs is 1. The van der Waals surface area contributed by atoms with E-state index < -0.39 is 10.0 Å². The summed E-state index contributed by atoms with van der Waals surface area (Å²) in [6.45, 7) is 3.22. The van der Waals surface area contributed by atoms with Crippen LogP contribution in [-0.4, -0.2) is 44.2 Å². The molecule has 5 nitrogen and oxygen atoms in total. The van der Waals surface area contributed by atoms with Crippen LogP contribution in [0.5, 0.6) is 0 Å². The summed E-state index contributed by atoms with van der Waals surface area (Å²) in [5, 5.41) is 1.69. The first-order valence-electron chi connectivity index (χ1n) is 8.11. The average molecular weight is 368 g/mol. The van der Waals surface area contributed by atoms with E-state index in [1.807, 2.05) is 24.3 Å². The van der Waals surface area contributed by atoms with Crippen molar-refractivity contribution in [3.8, 4) is 0 Å². The molecule has 0 spiro atoms. The van der Waals surface area contributed by atoms with Gasteiger partial charge in [0.15, 0.2) is 0 Å². The Labute approximate surface area is 148 Å². The highest BCUT2D eigenvalue weighted by Crippen LogP contribution is 2.27. The molecule has 1 aromatic heterocycles. The number of rotatable bonds is 5. The number of halogens is 1. The molecule has 1 N–H and O–H groups in total. The number of benzene rings is 1. The van der Waals surface area contributed by atoms with Gasteiger partial charge < -0.3 is 0 Å². The first-order valence-corrected chi connectivity index (χ1v) is 10.4. The van der Waals surface area contributed by atoms with Crippen molar-refractivity contribution in [2.24, 2.45) is 5.92 Å². The minimum Gasteiger partial charge on any atom is -0.299 e. The molecule has 0 saturated carbocycles. The lowest BCUT2D eigenvalue weighted by atomic mass is 9.97. The minimum atomic E-state index is -3.13. The number of aromatic nitrogens is 1. The van der Waals surface area contributed by atoms with Gasteiger partial charge in [0.25, 0.3) is 0 Å². The third-order valence-corrected chi connectivity index (χ3v) is 5.45. The van der Waals surface area contributed by atoms with Crippen molar-refractivity contribution < 1.29 is 8.42 Å². The Bertz CT molecular complexity index is 826. The number of sulfonamides is 1. The Balaban J connectivity index is 1.71. The number of likely N-dealkylation sites (tertiary alicyclic amines) is 1. The Hall–Kier alpha value is -1.21. The highest BCUT2D eigenvalue weighted by Gasteiger charge is 2.21. The molecule has 2 aromatic rings. The smallest absolute Gasteiger partial charge is 0.208 e. The van der Waals surface area contributed by atoms with Crippen LogP contribution in [0, 0.1) is 5.92 Å². The summed E-state index contributed by atoms with van der Waals surface area (Å²) in [6.07, 6.45) is 5.13. The third-order valence-electron chi connectivity index (χ3n) is 4.43. The zero-order valence-corrected chi connectivity index (χ0v) is 15.3. The van der Waals surface area contributed by atoms with E-state index in [1.165, 1.54) is 6.26 Å². The number of hydrogen-bond donors (Lipinski definition) is 1. The Morgan fingerprint density at radius 3 is 3.00 bits per heavy atom. The SMILES string of the molecule is CS(=O)(=O)NC[C@H]1CCCN(Cc2ccc(Cl)c3cccnc23)C1. The summed E-state index contributed by atoms with van der Waals surface area (Å²) in [7, 11) is -3.13. The average Bonchev–Trinajstić information content (AvgIpc) is 2.56. The maximum atomic E-state index is 11.3. The fourth-order valence-corrected chi connectivity index (χ4v) is 4.05. The monoisotopic (exact) mass is 367 g/mol. The van der Waals surface area contributed by atoms with E-state index in [0.717, 1.165) is 54.0 Å². The molecule has 2 heterocycles. The lowest BCUT2D eigenvalue weighted by Gasteiger charge is -2.32. The van der Waals surface area contributed by atoms with Gasteiger partial charge in [-0.1, -0.05) is 17.7 Å². The first kappa shape index (κ1) is 17.6. The second-order valence-corrected chi connectivity index (χ2v) is 8.71. The zero-order chi connectivity index (χ0) is 17.2. The normalized spacial score (nSPS) is 19.7. The molecule has 7 heteroatoms. The van der Waals surface area contributed by atoms with E-state index in [2.05, 4.69) is 14.6 Å². The molecular formula is C17H22ClN3O2S. The van der Waals surface area contributed by atoms with Crippen molar-refractivity contribution in [1.29, 1.82) is 0 Å². The Morgan fingerprint density at radius 2 is 2.21 bits per heavy atom. The maximum absolute atomic E-state index is 11.3. The summed E-state index contributed by atoms with van der Waals surface area (Å²) < 4.78 is 25.2. The number of pyridine rings is 1. The molecule has 1 aliphatic rings. The Kier molecular flexibility index (Phi) is 5.39. The summed E-state index contributed by atoms with van der Waals surface area (Å²) >= 11 is 6.26. The lowest BCUT2D eigenvalue weighted by molar-refractivity contribution is 0.169. The molecule has 1 atom stereocenters. The van der Waals surface area contributed by atoms with Gasteiger partial charge in [-0.15, -0.1) is 0 Å². The maximum Gasteiger partial charge on any atom is 0.208 e. The quantitative estimate of drug-likeness (QED) is 0.882. The second kappa shape index (κ2) is 7.35. The molecule has 0 unspecified atom stereocenters. The van der Waals surface area contributed by atoms with Gasteiger partial charge in [0.05, 0.1) is 11.8 Å². The van der Waals surface area contributed by atoms with E-state index in [0.29, 0.717) is 12.5 Å². The molecule has 0 amide bonds. The highest BCUT2D eigenvalue weighted by molar-refractivity contribution is 7.88. The van der Waals surface area contributed by atoms with Crippen LogP contribution in [0.2, 0.25) is 5.02 Å². The van der Waals surface area contributed by atoms with E-state index in [-0.39, 0.29) is 0 Å². The van der Waals surface area contributed by atoms with Gasteiger partial charge in [-0.2, -0.15) is 0 Å². The molecule has 3 rings (SSSR count). The van der Waals surface area contributed by atoms with E-state index in [4.69, 9.17) is 11.6 Å². The van der Waals surface area contributed by atoms with Gasteiger partial charge in [-0.05, 0) is 49.1 Å². The van der Waals surface area contributed by atoms with Crippen LogP contribution in [-0.2, 0) is 16.6 Å². The first-order chi connectivity index (χ1) is 11.4. The Morgan fingerprint density at radius 1 is 1.38 bits per heavy atom. The fraction of sp³-hybridized carbons (Fsp3) is 0.471. The summed E-state index contributed by atoms with van der Waals surface area (Å²) in [5.74, 6) is 0.347. The summed E-state index contributed by atoms with van der Waals surface area (Å²) in [5.41, 5.74) is 2.10. The predicted molar refractivity (Wildman–Crippen MR) is 97.6 cm³/mol. The van der Waals surface area contributed by atoms with Crippen LogP contribution < -0.4 is 4.72 Å². The van der Waals surface area contributed by atoms with Crippen LogP contribution in [0.1, 0.15) is 18.4 Å². The fourth-order valence-electron chi connectivity index (χ4n) is 3.30. The van der Waals surface area contributed by atoms with Gasteiger partial charge in [0.1, 0.15) is 0 Å².